The molecule has 2 heterocycles. The van der Waals surface area contributed by atoms with E-state index in [1.54, 1.807) is 23.7 Å². The lowest BCUT2D eigenvalue weighted by Crippen LogP contribution is -2.34. The maximum atomic E-state index is 12.4. The van der Waals surface area contributed by atoms with Gasteiger partial charge in [-0.05, 0) is 68.9 Å². The van der Waals surface area contributed by atoms with Gasteiger partial charge >= 0.3 is 12.1 Å². The number of carbonyl (C=O) groups excluding carboxylic acids is 1. The van der Waals surface area contributed by atoms with Gasteiger partial charge in [-0.1, -0.05) is 11.6 Å². The third kappa shape index (κ3) is 4.97. The number of ether oxygens (including phenoxy) is 2. The number of nitrogens with zero attached hydrogens (tertiary/aromatic N) is 5. The Morgan fingerprint density at radius 3 is 2.71 bits per heavy atom. The fourth-order valence-corrected chi connectivity index (χ4v) is 5.41. The fraction of sp³-hybridized carbons (Fsp3) is 0.640. The minimum atomic E-state index is -0.721. The first kappa shape index (κ1) is 23.6. The Morgan fingerprint density at radius 2 is 2.03 bits per heavy atom. The second-order valence-corrected chi connectivity index (χ2v) is 10.3. The third-order valence-electron chi connectivity index (χ3n) is 7.81. The largest absolute Gasteiger partial charge is 0.488 e. The second-order valence-electron chi connectivity index (χ2n) is 10.3. The molecule has 0 saturated heterocycles. The summed E-state index contributed by atoms with van der Waals surface area (Å²) in [6.45, 7) is 2.63. The first-order valence-electron chi connectivity index (χ1n) is 12.4. The van der Waals surface area contributed by atoms with Gasteiger partial charge < -0.3 is 19.5 Å². The quantitative estimate of drug-likeness (QED) is 0.606. The molecule has 0 radical (unpaired) electrons. The van der Waals surface area contributed by atoms with Crippen LogP contribution in [-0.4, -0.2) is 61.7 Å². The normalized spacial score (nSPS) is 25.3. The molecule has 0 aromatic carbocycles. The number of carboxylic acid groups (broad SMARTS) is 1. The van der Waals surface area contributed by atoms with Crippen LogP contribution in [-0.2, 0) is 23.2 Å². The number of carbonyl (C=O) groups is 2. The van der Waals surface area contributed by atoms with E-state index in [4.69, 9.17) is 9.47 Å². The molecule has 0 aliphatic heterocycles. The number of carboxylic acids is 1. The van der Waals surface area contributed by atoms with Gasteiger partial charge in [-0.25, -0.2) is 14.5 Å². The molecule has 10 heteroatoms. The first-order chi connectivity index (χ1) is 16.8. The van der Waals surface area contributed by atoms with Crippen molar-refractivity contribution < 1.29 is 24.2 Å². The lowest BCUT2D eigenvalue weighted by molar-refractivity contribution is -0.144. The summed E-state index contributed by atoms with van der Waals surface area (Å²) in [6.07, 6.45) is 5.51. The van der Waals surface area contributed by atoms with Gasteiger partial charge in [0.1, 0.15) is 23.7 Å². The van der Waals surface area contributed by atoms with Crippen LogP contribution >= 0.6 is 0 Å². The zero-order valence-electron chi connectivity index (χ0n) is 20.5. The van der Waals surface area contributed by atoms with E-state index >= 15 is 0 Å². The number of hydrogen-bond donors (Lipinski definition) is 1. The Labute approximate surface area is 204 Å². The van der Waals surface area contributed by atoms with Crippen molar-refractivity contribution in [1.82, 2.24) is 24.9 Å². The van der Waals surface area contributed by atoms with Crippen LogP contribution < -0.4 is 4.74 Å². The fourth-order valence-electron chi connectivity index (χ4n) is 5.41. The molecule has 10 nitrogen and oxygen atoms in total. The standard InChI is InChI=1S/C25H33N5O5/c1-14-22(35-17-9-16-10-18(16)19(11-17)24(31)32)8-7-20(26-14)23-21(30(3)28-27-23)13-34-25(33)29(2)12-15-5-4-6-15/h7-8,15-19H,4-6,9-13H2,1-3H3,(H,31,32)/t16-,17-,18+,19-/m1/s1. The van der Waals surface area contributed by atoms with Crippen molar-refractivity contribution in [2.75, 3.05) is 13.6 Å². The van der Waals surface area contributed by atoms with E-state index in [1.165, 1.54) is 19.3 Å². The van der Waals surface area contributed by atoms with Crippen molar-refractivity contribution in [3.8, 4) is 17.1 Å². The summed E-state index contributed by atoms with van der Waals surface area (Å²) in [4.78, 5) is 30.3. The van der Waals surface area contributed by atoms with Gasteiger partial charge in [0, 0.05) is 20.6 Å². The Morgan fingerprint density at radius 1 is 1.23 bits per heavy atom. The van der Waals surface area contributed by atoms with E-state index in [9.17, 15) is 14.7 Å². The van der Waals surface area contributed by atoms with E-state index in [2.05, 4.69) is 15.3 Å². The molecule has 188 valence electrons. The van der Waals surface area contributed by atoms with Gasteiger partial charge in [0.2, 0.25) is 0 Å². The molecule has 2 aromatic rings. The Bertz CT molecular complexity index is 1110. The summed E-state index contributed by atoms with van der Waals surface area (Å²) in [5, 5.41) is 17.9. The summed E-state index contributed by atoms with van der Waals surface area (Å²) >= 11 is 0. The molecular weight excluding hydrogens is 450 g/mol. The van der Waals surface area contributed by atoms with Crippen LogP contribution in [0.5, 0.6) is 5.75 Å². The van der Waals surface area contributed by atoms with Crippen LogP contribution in [0.4, 0.5) is 4.79 Å². The number of aryl methyl sites for hydroxylation is 2. The number of pyridine rings is 1. The molecule has 3 fully saturated rings. The molecule has 3 aliphatic rings. The molecule has 1 N–H and O–H groups in total. The highest BCUT2D eigenvalue weighted by Crippen LogP contribution is 2.53. The highest BCUT2D eigenvalue weighted by molar-refractivity contribution is 5.71. The van der Waals surface area contributed by atoms with Crippen molar-refractivity contribution in [2.45, 2.75) is 58.2 Å². The lowest BCUT2D eigenvalue weighted by atomic mass is 9.85. The summed E-state index contributed by atoms with van der Waals surface area (Å²) in [5.41, 5.74) is 2.53. The van der Waals surface area contributed by atoms with Gasteiger partial charge in [0.15, 0.2) is 0 Å². The van der Waals surface area contributed by atoms with Crippen molar-refractivity contribution in [1.29, 1.82) is 0 Å². The van der Waals surface area contributed by atoms with Crippen LogP contribution in [0.3, 0.4) is 0 Å². The number of amides is 1. The van der Waals surface area contributed by atoms with Crippen molar-refractivity contribution in [3.05, 3.63) is 23.5 Å². The zero-order chi connectivity index (χ0) is 24.7. The molecule has 3 saturated carbocycles. The van der Waals surface area contributed by atoms with Crippen LogP contribution in [0.15, 0.2) is 12.1 Å². The predicted octanol–water partition coefficient (Wildman–Crippen LogP) is 3.43. The van der Waals surface area contributed by atoms with Crippen molar-refractivity contribution >= 4 is 12.1 Å². The SMILES string of the molecule is Cc1nc(-c2nnn(C)c2COC(=O)N(C)CC2CCC2)ccc1O[C@@H]1C[C@@H]2C[C@@H]2[C@H](C(=O)O)C1. The maximum Gasteiger partial charge on any atom is 0.409 e. The van der Waals surface area contributed by atoms with E-state index in [0.717, 1.165) is 12.8 Å². The van der Waals surface area contributed by atoms with Gasteiger partial charge in [-0.3, -0.25) is 4.79 Å². The molecule has 2 aromatic heterocycles. The Balaban J connectivity index is 1.24. The molecule has 3 aliphatic carbocycles. The highest BCUT2D eigenvalue weighted by Gasteiger charge is 2.52. The maximum absolute atomic E-state index is 12.4. The van der Waals surface area contributed by atoms with Gasteiger partial charge in [-0.2, -0.15) is 0 Å². The minimum Gasteiger partial charge on any atom is -0.488 e. The van der Waals surface area contributed by atoms with Crippen molar-refractivity contribution in [3.63, 3.8) is 0 Å². The highest BCUT2D eigenvalue weighted by atomic mass is 16.6. The minimum absolute atomic E-state index is 0.0485. The molecule has 35 heavy (non-hydrogen) atoms. The predicted molar refractivity (Wildman–Crippen MR) is 125 cm³/mol. The summed E-state index contributed by atoms with van der Waals surface area (Å²) in [6, 6.07) is 3.67. The average Bonchev–Trinajstić information content (AvgIpc) is 3.49. The van der Waals surface area contributed by atoms with Crippen LogP contribution in [0, 0.1) is 30.6 Å². The molecule has 4 atom stereocenters. The molecule has 0 spiro atoms. The number of rotatable bonds is 8. The van der Waals surface area contributed by atoms with E-state index in [-0.39, 0.29) is 24.7 Å². The van der Waals surface area contributed by atoms with Gasteiger partial charge in [0.25, 0.3) is 0 Å². The number of aliphatic carboxylic acids is 1. The smallest absolute Gasteiger partial charge is 0.409 e. The third-order valence-corrected chi connectivity index (χ3v) is 7.81. The van der Waals surface area contributed by atoms with E-state index in [0.29, 0.717) is 59.2 Å². The van der Waals surface area contributed by atoms with Crippen LogP contribution in [0.1, 0.15) is 49.9 Å². The summed E-state index contributed by atoms with van der Waals surface area (Å²) in [5.74, 6) is 0.960. The van der Waals surface area contributed by atoms with Gasteiger partial charge in [-0.15, -0.1) is 5.10 Å². The molecule has 0 bridgehead atoms. The average molecular weight is 484 g/mol. The van der Waals surface area contributed by atoms with Crippen molar-refractivity contribution in [2.24, 2.45) is 30.7 Å². The topological polar surface area (TPSA) is 120 Å². The number of fused-ring (bicyclic) bond motifs is 1. The van der Waals surface area contributed by atoms with E-state index in [1.807, 2.05) is 19.1 Å². The van der Waals surface area contributed by atoms with Crippen LogP contribution in [0.25, 0.3) is 11.4 Å². The van der Waals surface area contributed by atoms with E-state index < -0.39 is 5.97 Å². The molecule has 5 rings (SSSR count). The molecule has 1 amide bonds. The Hall–Kier alpha value is -3.17. The summed E-state index contributed by atoms with van der Waals surface area (Å²) in [7, 11) is 3.52. The monoisotopic (exact) mass is 483 g/mol. The lowest BCUT2D eigenvalue weighted by Gasteiger charge is -2.29. The zero-order valence-corrected chi connectivity index (χ0v) is 20.5. The number of hydrogen-bond acceptors (Lipinski definition) is 7. The van der Waals surface area contributed by atoms with Gasteiger partial charge in [0.05, 0.1) is 23.4 Å². The Kier molecular flexibility index (Phi) is 6.37. The first-order valence-corrected chi connectivity index (χ1v) is 12.4. The molecular formula is C25H33N5O5. The summed E-state index contributed by atoms with van der Waals surface area (Å²) < 4.78 is 13.3. The molecule has 0 unspecified atom stereocenters. The number of aromatic nitrogens is 4. The second kappa shape index (κ2) is 9.47. The van der Waals surface area contributed by atoms with Crippen LogP contribution in [0.2, 0.25) is 0 Å².